The van der Waals surface area contributed by atoms with E-state index in [1.54, 1.807) is 13.1 Å². The van der Waals surface area contributed by atoms with Crippen LogP contribution in [0, 0.1) is 26.6 Å². The second kappa shape index (κ2) is 7.88. The van der Waals surface area contributed by atoms with Crippen LogP contribution in [0.4, 0.5) is 4.39 Å². The van der Waals surface area contributed by atoms with E-state index in [4.69, 9.17) is 9.26 Å². The first kappa shape index (κ1) is 20.9. The molecule has 0 radical (unpaired) electrons. The number of hydrogen-bond donors (Lipinski definition) is 0. The van der Waals surface area contributed by atoms with Crippen LogP contribution in [-0.2, 0) is 16.6 Å². The predicted molar refractivity (Wildman–Crippen MR) is 103 cm³/mol. The molecule has 8 nitrogen and oxygen atoms in total. The molecule has 0 aliphatic heterocycles. The summed E-state index contributed by atoms with van der Waals surface area (Å²) in [6, 6.07) is 3.50. The molecule has 0 amide bonds. The molecule has 29 heavy (non-hydrogen) atoms. The molecule has 0 unspecified atom stereocenters. The number of rotatable bonds is 6. The van der Waals surface area contributed by atoms with Gasteiger partial charge in [0.05, 0.1) is 35.5 Å². The highest BCUT2D eigenvalue weighted by atomic mass is 32.2. The van der Waals surface area contributed by atoms with Gasteiger partial charge in [-0.1, -0.05) is 5.16 Å². The van der Waals surface area contributed by atoms with Crippen LogP contribution in [-0.4, -0.2) is 42.0 Å². The zero-order chi connectivity index (χ0) is 21.3. The molecule has 3 aromatic rings. The number of hydrogen-bond acceptors (Lipinski definition) is 7. The van der Waals surface area contributed by atoms with Gasteiger partial charge in [-0.05, 0) is 39.0 Å². The Labute approximate surface area is 168 Å². The first-order valence-electron chi connectivity index (χ1n) is 8.70. The number of sulfonamides is 1. The van der Waals surface area contributed by atoms with E-state index in [1.165, 1.54) is 26.3 Å². The Balaban J connectivity index is 1.98. The number of aromatic nitrogens is 3. The summed E-state index contributed by atoms with van der Waals surface area (Å²) in [4.78, 5) is 8.40. The zero-order valence-corrected chi connectivity index (χ0v) is 17.5. The molecule has 1 aromatic carbocycles. The smallest absolute Gasteiger partial charge is 0.243 e. The summed E-state index contributed by atoms with van der Waals surface area (Å²) in [7, 11) is -1.26. The van der Waals surface area contributed by atoms with Crippen molar-refractivity contribution in [2.24, 2.45) is 0 Å². The van der Waals surface area contributed by atoms with Crippen LogP contribution in [0.15, 0.2) is 33.8 Å². The Morgan fingerprint density at radius 1 is 1.24 bits per heavy atom. The molecular formula is C19H21FN4O4S. The molecule has 2 heterocycles. The summed E-state index contributed by atoms with van der Waals surface area (Å²) in [5, 5.41) is 3.94. The van der Waals surface area contributed by atoms with E-state index in [-0.39, 0.29) is 17.2 Å². The van der Waals surface area contributed by atoms with E-state index in [0.717, 1.165) is 21.6 Å². The molecule has 154 valence electrons. The highest BCUT2D eigenvalue weighted by Crippen LogP contribution is 2.29. The van der Waals surface area contributed by atoms with E-state index < -0.39 is 15.8 Å². The van der Waals surface area contributed by atoms with Crippen molar-refractivity contribution in [2.45, 2.75) is 32.2 Å². The summed E-state index contributed by atoms with van der Waals surface area (Å²) in [6.45, 7) is 5.31. The standard InChI is InChI=1S/C19H21FN4O4S/c1-11-12(2)23-28-19(11)15-9-21-13(3)22-17(15)10-24(4)29(25,26)14-6-7-18(27-5)16(20)8-14/h6-9H,10H2,1-5H3. The molecule has 2 aromatic heterocycles. The number of nitrogens with zero attached hydrogens (tertiary/aromatic N) is 4. The maximum Gasteiger partial charge on any atom is 0.243 e. The van der Waals surface area contributed by atoms with Crippen LogP contribution < -0.4 is 4.74 Å². The van der Waals surface area contributed by atoms with Crippen molar-refractivity contribution in [2.75, 3.05) is 14.2 Å². The third kappa shape index (κ3) is 3.99. The summed E-state index contributed by atoms with van der Waals surface area (Å²) in [5.41, 5.74) is 2.55. The summed E-state index contributed by atoms with van der Waals surface area (Å²) in [5.74, 6) is 0.183. The Kier molecular flexibility index (Phi) is 5.67. The maximum absolute atomic E-state index is 14.0. The van der Waals surface area contributed by atoms with Crippen molar-refractivity contribution in [3.63, 3.8) is 0 Å². The SMILES string of the molecule is COc1ccc(S(=O)(=O)N(C)Cc2nc(C)ncc2-c2onc(C)c2C)cc1F. The average Bonchev–Trinajstić information content (AvgIpc) is 3.00. The van der Waals surface area contributed by atoms with Crippen LogP contribution in [0.25, 0.3) is 11.3 Å². The molecule has 0 N–H and O–H groups in total. The fourth-order valence-corrected chi connectivity index (χ4v) is 3.92. The lowest BCUT2D eigenvalue weighted by Crippen LogP contribution is -2.27. The third-order valence-corrected chi connectivity index (χ3v) is 6.39. The van der Waals surface area contributed by atoms with Crippen molar-refractivity contribution < 1.29 is 22.1 Å². The molecule has 0 fully saturated rings. The Morgan fingerprint density at radius 2 is 1.97 bits per heavy atom. The largest absolute Gasteiger partial charge is 0.494 e. The van der Waals surface area contributed by atoms with E-state index in [1.807, 2.05) is 13.8 Å². The van der Waals surface area contributed by atoms with Crippen molar-refractivity contribution in [1.82, 2.24) is 19.4 Å². The van der Waals surface area contributed by atoms with E-state index in [0.29, 0.717) is 22.8 Å². The minimum absolute atomic E-state index is 0.0310. The molecule has 0 aliphatic rings. The zero-order valence-electron chi connectivity index (χ0n) is 16.7. The molecule has 0 spiro atoms. The van der Waals surface area contributed by atoms with Gasteiger partial charge in [0.2, 0.25) is 10.0 Å². The quantitative estimate of drug-likeness (QED) is 0.604. The van der Waals surface area contributed by atoms with Crippen molar-refractivity contribution in [3.8, 4) is 17.1 Å². The van der Waals surface area contributed by atoms with Crippen LogP contribution in [0.5, 0.6) is 5.75 Å². The molecule has 0 saturated heterocycles. The number of ether oxygens (including phenoxy) is 1. The number of methoxy groups -OCH3 is 1. The Morgan fingerprint density at radius 3 is 2.55 bits per heavy atom. The van der Waals surface area contributed by atoms with Crippen molar-refractivity contribution in [3.05, 3.63) is 53.0 Å². The molecule has 0 saturated carbocycles. The minimum atomic E-state index is -3.97. The highest BCUT2D eigenvalue weighted by Gasteiger charge is 2.25. The molecule has 0 bridgehead atoms. The first-order valence-corrected chi connectivity index (χ1v) is 10.1. The number of benzene rings is 1. The van der Waals surface area contributed by atoms with Gasteiger partial charge in [-0.25, -0.2) is 22.8 Å². The lowest BCUT2D eigenvalue weighted by atomic mass is 10.1. The van der Waals surface area contributed by atoms with Gasteiger partial charge in [0.15, 0.2) is 17.3 Å². The van der Waals surface area contributed by atoms with Crippen molar-refractivity contribution in [1.29, 1.82) is 0 Å². The van der Waals surface area contributed by atoms with E-state index in [9.17, 15) is 12.8 Å². The van der Waals surface area contributed by atoms with Gasteiger partial charge in [0.1, 0.15) is 5.82 Å². The fraction of sp³-hybridized carbons (Fsp3) is 0.316. The minimum Gasteiger partial charge on any atom is -0.494 e. The predicted octanol–water partition coefficient (Wildman–Crippen LogP) is 3.03. The van der Waals surface area contributed by atoms with Crippen LogP contribution >= 0.6 is 0 Å². The number of halogens is 1. The molecule has 0 aliphatic carbocycles. The first-order chi connectivity index (χ1) is 13.6. The summed E-state index contributed by atoms with van der Waals surface area (Å²) in [6.07, 6.45) is 1.58. The van der Waals surface area contributed by atoms with Gasteiger partial charge < -0.3 is 9.26 Å². The van der Waals surface area contributed by atoms with Crippen LogP contribution in [0.3, 0.4) is 0 Å². The van der Waals surface area contributed by atoms with E-state index in [2.05, 4.69) is 15.1 Å². The number of aryl methyl sites for hydroxylation is 2. The topological polar surface area (TPSA) is 98.4 Å². The van der Waals surface area contributed by atoms with Gasteiger partial charge in [-0.3, -0.25) is 0 Å². The molecule has 3 rings (SSSR count). The maximum atomic E-state index is 14.0. The van der Waals surface area contributed by atoms with Gasteiger partial charge in [-0.2, -0.15) is 4.31 Å². The lowest BCUT2D eigenvalue weighted by molar-refractivity contribution is 0.385. The monoisotopic (exact) mass is 420 g/mol. The van der Waals surface area contributed by atoms with Gasteiger partial charge in [-0.15, -0.1) is 0 Å². The second-order valence-electron chi connectivity index (χ2n) is 6.56. The second-order valence-corrected chi connectivity index (χ2v) is 8.60. The van der Waals surface area contributed by atoms with Gasteiger partial charge in [0.25, 0.3) is 0 Å². The summed E-state index contributed by atoms with van der Waals surface area (Å²) >= 11 is 0. The molecule has 0 atom stereocenters. The Bertz CT molecular complexity index is 1160. The van der Waals surface area contributed by atoms with Crippen LogP contribution in [0.2, 0.25) is 0 Å². The van der Waals surface area contributed by atoms with E-state index >= 15 is 0 Å². The highest BCUT2D eigenvalue weighted by molar-refractivity contribution is 7.89. The lowest BCUT2D eigenvalue weighted by Gasteiger charge is -2.18. The van der Waals surface area contributed by atoms with Crippen molar-refractivity contribution >= 4 is 10.0 Å². The van der Waals surface area contributed by atoms with Gasteiger partial charge >= 0.3 is 0 Å². The fourth-order valence-electron chi connectivity index (χ4n) is 2.78. The molecule has 10 heteroatoms. The third-order valence-electron chi connectivity index (χ3n) is 4.59. The van der Waals surface area contributed by atoms with Crippen LogP contribution in [0.1, 0.15) is 22.8 Å². The normalized spacial score (nSPS) is 11.8. The Hall–Kier alpha value is -2.85. The molecular weight excluding hydrogens is 399 g/mol. The summed E-state index contributed by atoms with van der Waals surface area (Å²) < 4.78 is 51.2. The average molecular weight is 420 g/mol. The van der Waals surface area contributed by atoms with Gasteiger partial charge in [0, 0.05) is 18.8 Å².